The molecule has 0 spiro atoms. The van der Waals surface area contributed by atoms with Crippen LogP contribution in [-0.2, 0) is 9.59 Å². The Balaban J connectivity index is 1.67. The first-order valence-electron chi connectivity index (χ1n) is 12.7. The van der Waals surface area contributed by atoms with E-state index in [1.54, 1.807) is 58.0 Å². The molecule has 0 fully saturated rings. The van der Waals surface area contributed by atoms with Gasteiger partial charge >= 0.3 is 0 Å². The number of hydrogen-bond donors (Lipinski definition) is 5. The molecule has 0 aliphatic heterocycles. The quantitative estimate of drug-likeness (QED) is 0.119. The third-order valence-electron chi connectivity index (χ3n) is 5.83. The Morgan fingerprint density at radius 1 is 0.854 bits per heavy atom. The van der Waals surface area contributed by atoms with Gasteiger partial charge in [-0.25, -0.2) is 0 Å². The van der Waals surface area contributed by atoms with E-state index >= 15 is 0 Å². The molecule has 220 valence electrons. The molecule has 0 aliphatic rings. The van der Waals surface area contributed by atoms with Crippen LogP contribution in [-0.4, -0.2) is 58.0 Å². The minimum absolute atomic E-state index is 0.0190. The van der Waals surface area contributed by atoms with Gasteiger partial charge in [-0.1, -0.05) is 36.4 Å². The van der Waals surface area contributed by atoms with Crippen molar-refractivity contribution < 1.29 is 19.1 Å². The highest BCUT2D eigenvalue weighted by Crippen LogP contribution is 2.28. The van der Waals surface area contributed by atoms with E-state index in [1.165, 1.54) is 0 Å². The molecular formula is C28H36N6O4S3. The van der Waals surface area contributed by atoms with Gasteiger partial charge in [-0.05, 0) is 61.0 Å². The molecular weight excluding hydrogens is 581 g/mol. The van der Waals surface area contributed by atoms with Crippen LogP contribution in [0.25, 0.3) is 0 Å². The maximum absolute atomic E-state index is 12.6. The van der Waals surface area contributed by atoms with Gasteiger partial charge in [-0.15, -0.1) is 0 Å². The second kappa shape index (κ2) is 17.5. The summed E-state index contributed by atoms with van der Waals surface area (Å²) in [5.41, 5.74) is 7.35. The molecule has 0 saturated carbocycles. The predicted octanol–water partition coefficient (Wildman–Crippen LogP) is 5.44. The van der Waals surface area contributed by atoms with E-state index in [0.717, 1.165) is 34.7 Å². The van der Waals surface area contributed by atoms with Crippen LogP contribution in [0, 0.1) is 16.2 Å². The minimum Gasteiger partial charge on any atom is -0.496 e. The molecule has 2 amide bonds. The third-order valence-corrected chi connectivity index (χ3v) is 8.32. The van der Waals surface area contributed by atoms with Gasteiger partial charge < -0.3 is 20.5 Å². The van der Waals surface area contributed by atoms with Crippen LogP contribution in [0.5, 0.6) is 11.5 Å². The van der Waals surface area contributed by atoms with Crippen LogP contribution in [0.1, 0.15) is 49.7 Å². The van der Waals surface area contributed by atoms with Gasteiger partial charge in [0.05, 0.1) is 36.1 Å². The lowest BCUT2D eigenvalue weighted by molar-refractivity contribution is -0.121. The summed E-state index contributed by atoms with van der Waals surface area (Å²) >= 11 is 3.42. The largest absolute Gasteiger partial charge is 0.496 e. The van der Waals surface area contributed by atoms with Gasteiger partial charge in [0.15, 0.2) is 10.3 Å². The smallest absolute Gasteiger partial charge is 0.255 e. The number of amidine groups is 2. The molecule has 2 aromatic carbocycles. The van der Waals surface area contributed by atoms with E-state index in [2.05, 4.69) is 10.3 Å². The van der Waals surface area contributed by atoms with Crippen LogP contribution in [0.2, 0.25) is 0 Å². The zero-order chi connectivity index (χ0) is 30.4. The molecule has 0 aliphatic carbocycles. The van der Waals surface area contributed by atoms with Gasteiger partial charge in [0.1, 0.15) is 11.5 Å². The van der Waals surface area contributed by atoms with Crippen molar-refractivity contribution in [2.75, 3.05) is 25.7 Å². The number of amides is 2. The molecule has 0 bridgehead atoms. The molecule has 6 N–H and O–H groups in total. The number of aliphatic imine (C=N–C) groups is 1. The average Bonchev–Trinajstić information content (AvgIpc) is 2.95. The number of methoxy groups -OCH3 is 2. The number of hydrogen-bond acceptors (Lipinski definition) is 10. The fourth-order valence-corrected chi connectivity index (χ4v) is 5.93. The van der Waals surface area contributed by atoms with Gasteiger partial charge in [-0.2, -0.15) is 16.8 Å². The molecule has 0 aromatic heterocycles. The molecule has 2 rings (SSSR count). The standard InChI is InChI=1S/C28H36N6O4S3/c1-17(19-9-5-7-11-21(19)37-3)25(35)33-27(31)40-23(29)13-15-39-16-14-24(30)41-28(32)34-26(36)18(2)20-10-6-8-12-22(20)38-4/h5-12,17-18,29-30H,13-16H2,1-4H3,(H2,31,33,35)(H2,32,34,36). The van der Waals surface area contributed by atoms with Crippen LogP contribution in [0.15, 0.2) is 53.5 Å². The van der Waals surface area contributed by atoms with Crippen molar-refractivity contribution in [3.8, 4) is 11.5 Å². The normalized spacial score (nSPS) is 12.6. The van der Waals surface area contributed by atoms with Crippen molar-refractivity contribution in [3.05, 3.63) is 59.7 Å². The number of para-hydroxylation sites is 2. The SMILES string of the molecule is COc1ccccc1C(C)C(=O)N=C(N)SC(=N)CCSCCC(=N)SC(=N)NC(=O)C(C)c1ccccc1OC. The number of nitrogens with one attached hydrogen (secondary N) is 4. The van der Waals surface area contributed by atoms with E-state index in [9.17, 15) is 9.59 Å². The summed E-state index contributed by atoms with van der Waals surface area (Å²) < 4.78 is 10.6. The number of ether oxygens (including phenoxy) is 2. The molecule has 10 nitrogen and oxygen atoms in total. The Hall–Kier alpha value is -3.29. The topological polar surface area (TPSA) is 175 Å². The molecule has 41 heavy (non-hydrogen) atoms. The molecule has 2 aromatic rings. The zero-order valence-corrected chi connectivity index (χ0v) is 25.9. The maximum atomic E-state index is 12.6. The van der Waals surface area contributed by atoms with Crippen LogP contribution < -0.4 is 20.5 Å². The third kappa shape index (κ3) is 11.2. The molecule has 0 heterocycles. The monoisotopic (exact) mass is 616 g/mol. The molecule has 0 radical (unpaired) electrons. The first-order valence-corrected chi connectivity index (χ1v) is 15.5. The highest BCUT2D eigenvalue weighted by Gasteiger charge is 2.21. The number of carbonyl (C=O) groups excluding carboxylic acids is 2. The summed E-state index contributed by atoms with van der Waals surface area (Å²) in [7, 11) is 3.09. The van der Waals surface area contributed by atoms with Crippen molar-refractivity contribution in [3.63, 3.8) is 0 Å². The number of nitrogens with two attached hydrogens (primary N) is 1. The van der Waals surface area contributed by atoms with Crippen molar-refractivity contribution in [1.29, 1.82) is 16.2 Å². The van der Waals surface area contributed by atoms with E-state index in [0.29, 0.717) is 35.8 Å². The minimum atomic E-state index is -0.534. The summed E-state index contributed by atoms with van der Waals surface area (Å²) in [5, 5.41) is 27.3. The summed E-state index contributed by atoms with van der Waals surface area (Å²) in [6.45, 7) is 3.47. The summed E-state index contributed by atoms with van der Waals surface area (Å²) in [6.07, 6.45) is 0.865. The van der Waals surface area contributed by atoms with Crippen molar-refractivity contribution >= 4 is 67.5 Å². The van der Waals surface area contributed by atoms with Crippen LogP contribution in [0.4, 0.5) is 0 Å². The second-order valence-corrected chi connectivity index (χ2v) is 12.1. The summed E-state index contributed by atoms with van der Waals surface area (Å²) in [6, 6.07) is 14.5. The van der Waals surface area contributed by atoms with Gasteiger partial charge in [-0.3, -0.25) is 25.8 Å². The number of nitrogens with zero attached hydrogens (tertiary/aromatic N) is 1. The van der Waals surface area contributed by atoms with E-state index in [4.69, 9.17) is 31.4 Å². The Bertz CT molecular complexity index is 1290. The lowest BCUT2D eigenvalue weighted by atomic mass is 9.99. The van der Waals surface area contributed by atoms with E-state index in [-0.39, 0.29) is 26.3 Å². The highest BCUT2D eigenvalue weighted by molar-refractivity contribution is 8.26. The lowest BCUT2D eigenvalue weighted by Crippen LogP contribution is -2.32. The maximum Gasteiger partial charge on any atom is 0.255 e. The van der Waals surface area contributed by atoms with Gasteiger partial charge in [0, 0.05) is 24.0 Å². The molecule has 2 atom stereocenters. The van der Waals surface area contributed by atoms with Crippen LogP contribution >= 0.6 is 35.3 Å². The Morgan fingerprint density at radius 2 is 1.34 bits per heavy atom. The van der Waals surface area contributed by atoms with Crippen LogP contribution in [0.3, 0.4) is 0 Å². The van der Waals surface area contributed by atoms with Gasteiger partial charge in [0.2, 0.25) is 5.91 Å². The molecule has 2 unspecified atom stereocenters. The van der Waals surface area contributed by atoms with Crippen molar-refractivity contribution in [2.45, 2.75) is 38.5 Å². The number of rotatable bonds is 12. The fraction of sp³-hybridized carbons (Fsp3) is 0.357. The number of benzene rings is 2. The molecule has 13 heteroatoms. The first kappa shape index (κ1) is 33.9. The summed E-state index contributed by atoms with van der Waals surface area (Å²) in [4.78, 5) is 29.1. The van der Waals surface area contributed by atoms with Crippen molar-refractivity contribution in [2.24, 2.45) is 10.7 Å². The second-order valence-electron chi connectivity index (χ2n) is 8.70. The predicted molar refractivity (Wildman–Crippen MR) is 173 cm³/mol. The Labute approximate surface area is 253 Å². The lowest BCUT2D eigenvalue weighted by Gasteiger charge is -2.15. The highest BCUT2D eigenvalue weighted by atomic mass is 32.2. The number of carbonyl (C=O) groups is 2. The zero-order valence-electron chi connectivity index (χ0n) is 23.5. The van der Waals surface area contributed by atoms with Gasteiger partial charge in [0.25, 0.3) is 5.91 Å². The fourth-order valence-electron chi connectivity index (χ4n) is 3.58. The Morgan fingerprint density at radius 3 is 1.88 bits per heavy atom. The van der Waals surface area contributed by atoms with Crippen molar-refractivity contribution in [1.82, 2.24) is 5.32 Å². The van der Waals surface area contributed by atoms with E-state index in [1.807, 2.05) is 30.3 Å². The summed E-state index contributed by atoms with van der Waals surface area (Å²) in [5.74, 6) is 0.664. The first-order chi connectivity index (χ1) is 19.6. The number of thioether (sulfide) groups is 3. The average molecular weight is 617 g/mol. The molecule has 0 saturated heterocycles. The Kier molecular flexibility index (Phi) is 14.5. The van der Waals surface area contributed by atoms with E-state index < -0.39 is 17.7 Å².